The summed E-state index contributed by atoms with van der Waals surface area (Å²) in [5.74, 6) is 0.430. The zero-order valence-corrected chi connectivity index (χ0v) is 12.5. The lowest BCUT2D eigenvalue weighted by Gasteiger charge is -2.07. The predicted octanol–water partition coefficient (Wildman–Crippen LogP) is 5.18. The van der Waals surface area contributed by atoms with Gasteiger partial charge in [-0.2, -0.15) is 0 Å². The third-order valence-corrected chi connectivity index (χ3v) is 4.77. The minimum Gasteiger partial charge on any atom is -0.289 e. The molecule has 0 amide bonds. The molecule has 100 valence electrons. The molecule has 0 saturated heterocycles. The Kier molecular flexibility index (Phi) is 3.19. The molecule has 2 heteroatoms. The second-order valence-corrected chi connectivity index (χ2v) is 6.38. The molecule has 0 aliphatic heterocycles. The molecule has 0 radical (unpaired) electrons. The van der Waals surface area contributed by atoms with Crippen LogP contribution in [0.5, 0.6) is 0 Å². The van der Waals surface area contributed by atoms with Gasteiger partial charge < -0.3 is 0 Å². The van der Waals surface area contributed by atoms with Crippen molar-refractivity contribution in [1.29, 1.82) is 0 Å². The first-order valence-electron chi connectivity index (χ1n) is 6.73. The Balaban J connectivity index is 2.42. The molecule has 20 heavy (non-hydrogen) atoms. The first-order valence-corrected chi connectivity index (χ1v) is 7.55. The van der Waals surface area contributed by atoms with Gasteiger partial charge in [0.05, 0.1) is 0 Å². The van der Waals surface area contributed by atoms with Gasteiger partial charge in [0.15, 0.2) is 5.43 Å². The van der Waals surface area contributed by atoms with Gasteiger partial charge in [-0.05, 0) is 41.3 Å². The van der Waals surface area contributed by atoms with Crippen LogP contribution < -0.4 is 5.43 Å². The second kappa shape index (κ2) is 4.88. The number of hydrogen-bond acceptors (Lipinski definition) is 2. The fourth-order valence-electron chi connectivity index (χ4n) is 2.38. The van der Waals surface area contributed by atoms with Crippen LogP contribution in [0.15, 0.2) is 47.8 Å². The van der Waals surface area contributed by atoms with Crippen molar-refractivity contribution >= 4 is 37.6 Å². The van der Waals surface area contributed by atoms with Crippen molar-refractivity contribution in [3.63, 3.8) is 0 Å². The third-order valence-electron chi connectivity index (χ3n) is 3.62. The van der Waals surface area contributed by atoms with Crippen molar-refractivity contribution in [2.75, 3.05) is 0 Å². The van der Waals surface area contributed by atoms with Crippen molar-refractivity contribution in [3.8, 4) is 0 Å². The molecule has 1 nitrogen and oxygen atoms in total. The second-order valence-electron chi connectivity index (χ2n) is 5.30. The summed E-state index contributed by atoms with van der Waals surface area (Å²) in [4.78, 5) is 12.7. The molecule has 0 aliphatic carbocycles. The lowest BCUT2D eigenvalue weighted by atomic mass is 10.0. The maximum absolute atomic E-state index is 12.7. The van der Waals surface area contributed by atoms with E-state index in [0.29, 0.717) is 5.92 Å². The van der Waals surface area contributed by atoms with Crippen LogP contribution in [0.4, 0.5) is 0 Å². The zero-order valence-electron chi connectivity index (χ0n) is 11.6. The van der Waals surface area contributed by atoms with E-state index in [4.69, 9.17) is 0 Å². The highest BCUT2D eigenvalue weighted by atomic mass is 32.1. The molecule has 3 rings (SSSR count). The molecule has 0 spiro atoms. The van der Waals surface area contributed by atoms with Crippen LogP contribution in [-0.4, -0.2) is 0 Å². The minimum absolute atomic E-state index is 0.125. The number of fused-ring (bicyclic) bond motifs is 2. The number of rotatable bonds is 2. The highest BCUT2D eigenvalue weighted by molar-refractivity contribution is 7.24. The zero-order chi connectivity index (χ0) is 14.3. The van der Waals surface area contributed by atoms with Crippen LogP contribution in [0, 0.1) is 0 Å². The minimum atomic E-state index is 0.125. The summed E-state index contributed by atoms with van der Waals surface area (Å²) in [5, 5.41) is 1.62. The molecule has 3 aromatic rings. The Morgan fingerprint density at radius 2 is 1.70 bits per heavy atom. The molecule has 0 atom stereocenters. The van der Waals surface area contributed by atoms with E-state index in [1.54, 1.807) is 17.4 Å². The summed E-state index contributed by atoms with van der Waals surface area (Å²) < 4.78 is 2.09. The predicted molar refractivity (Wildman–Crippen MR) is 89.8 cm³/mol. The van der Waals surface area contributed by atoms with E-state index in [2.05, 4.69) is 32.6 Å². The lowest BCUT2D eigenvalue weighted by Crippen LogP contribution is -2.02. The van der Waals surface area contributed by atoms with E-state index in [0.717, 1.165) is 25.7 Å². The SMILES string of the molecule is C=Cc1ccc2sc3ccc(C(C)C)cc3c(=O)c2c1. The number of benzene rings is 2. The molecule has 2 aromatic carbocycles. The largest absolute Gasteiger partial charge is 0.289 e. The van der Waals surface area contributed by atoms with Crippen molar-refractivity contribution in [3.05, 3.63) is 64.3 Å². The van der Waals surface area contributed by atoms with E-state index in [1.807, 2.05) is 24.3 Å². The van der Waals surface area contributed by atoms with E-state index >= 15 is 0 Å². The average molecular weight is 280 g/mol. The van der Waals surface area contributed by atoms with Crippen molar-refractivity contribution < 1.29 is 0 Å². The standard InChI is InChI=1S/C18H16OS/c1-4-12-5-7-16-14(9-12)18(19)15-10-13(11(2)3)6-8-17(15)20-16/h4-11H,1H2,2-3H3. The summed E-state index contributed by atoms with van der Waals surface area (Å²) in [5.41, 5.74) is 2.32. The Morgan fingerprint density at radius 1 is 1.05 bits per heavy atom. The van der Waals surface area contributed by atoms with E-state index < -0.39 is 0 Å². The van der Waals surface area contributed by atoms with Crippen LogP contribution >= 0.6 is 11.3 Å². The van der Waals surface area contributed by atoms with Crippen LogP contribution in [0.1, 0.15) is 30.9 Å². The van der Waals surface area contributed by atoms with Crippen molar-refractivity contribution in [1.82, 2.24) is 0 Å². The van der Waals surface area contributed by atoms with Gasteiger partial charge >= 0.3 is 0 Å². The first-order chi connectivity index (χ1) is 9.60. The Bertz CT molecular complexity index is 872. The summed E-state index contributed by atoms with van der Waals surface area (Å²) >= 11 is 1.67. The molecule has 0 N–H and O–H groups in total. The molecule has 0 fully saturated rings. The highest BCUT2D eigenvalue weighted by Gasteiger charge is 2.08. The fraction of sp³-hybridized carbons (Fsp3) is 0.167. The van der Waals surface area contributed by atoms with E-state index in [9.17, 15) is 4.79 Å². The lowest BCUT2D eigenvalue weighted by molar-refractivity contribution is 0.869. The summed E-state index contributed by atoms with van der Waals surface area (Å²) in [6.07, 6.45) is 1.78. The van der Waals surface area contributed by atoms with E-state index in [-0.39, 0.29) is 5.43 Å². The molecule has 0 aliphatic rings. The Labute approximate surface area is 122 Å². The fourth-order valence-corrected chi connectivity index (χ4v) is 3.41. The Morgan fingerprint density at radius 3 is 2.35 bits per heavy atom. The van der Waals surface area contributed by atoms with Gasteiger partial charge in [0.25, 0.3) is 0 Å². The van der Waals surface area contributed by atoms with Gasteiger partial charge in [0, 0.05) is 20.2 Å². The number of hydrogen-bond donors (Lipinski definition) is 0. The van der Waals surface area contributed by atoms with E-state index in [1.165, 1.54) is 5.56 Å². The summed E-state index contributed by atoms with van der Waals surface area (Å²) in [6.45, 7) is 8.06. The molecule has 0 saturated carbocycles. The highest BCUT2D eigenvalue weighted by Crippen LogP contribution is 2.27. The van der Waals surface area contributed by atoms with Gasteiger partial charge in [-0.15, -0.1) is 11.3 Å². The smallest absolute Gasteiger partial charge is 0.195 e. The summed E-state index contributed by atoms with van der Waals surface area (Å²) in [7, 11) is 0. The molecular weight excluding hydrogens is 264 g/mol. The van der Waals surface area contributed by atoms with Gasteiger partial charge in [-0.1, -0.05) is 38.6 Å². The molecule has 0 bridgehead atoms. The summed E-state index contributed by atoms with van der Waals surface area (Å²) in [6, 6.07) is 12.2. The third kappa shape index (κ3) is 2.06. The van der Waals surface area contributed by atoms with Crippen LogP contribution in [0.2, 0.25) is 0 Å². The molecular formula is C18H16OS. The normalized spacial score (nSPS) is 11.3. The monoisotopic (exact) mass is 280 g/mol. The maximum atomic E-state index is 12.7. The maximum Gasteiger partial charge on any atom is 0.195 e. The first kappa shape index (κ1) is 13.1. The molecule has 1 heterocycles. The van der Waals surface area contributed by atoms with Crippen molar-refractivity contribution in [2.45, 2.75) is 19.8 Å². The van der Waals surface area contributed by atoms with Gasteiger partial charge in [-0.3, -0.25) is 4.79 Å². The van der Waals surface area contributed by atoms with Crippen LogP contribution in [0.25, 0.3) is 26.2 Å². The average Bonchev–Trinajstić information content (AvgIpc) is 2.47. The molecule has 0 unspecified atom stereocenters. The molecule has 1 aromatic heterocycles. The van der Waals surface area contributed by atoms with Gasteiger partial charge in [0.2, 0.25) is 0 Å². The quantitative estimate of drug-likeness (QED) is 0.591. The van der Waals surface area contributed by atoms with Gasteiger partial charge in [-0.25, -0.2) is 0 Å². The van der Waals surface area contributed by atoms with Crippen LogP contribution in [0.3, 0.4) is 0 Å². The van der Waals surface area contributed by atoms with Crippen LogP contribution in [-0.2, 0) is 0 Å². The van der Waals surface area contributed by atoms with Crippen molar-refractivity contribution in [2.24, 2.45) is 0 Å². The Hall–Kier alpha value is -1.93. The van der Waals surface area contributed by atoms with Gasteiger partial charge in [0.1, 0.15) is 0 Å². The topological polar surface area (TPSA) is 17.1 Å².